The Bertz CT molecular complexity index is 419. The maximum atomic E-state index is 8.70. The van der Waals surface area contributed by atoms with Gasteiger partial charge in [0.25, 0.3) is 0 Å². The minimum atomic E-state index is 0.641. The molecule has 0 spiro atoms. The fourth-order valence-corrected chi connectivity index (χ4v) is 2.94. The molecule has 0 aliphatic heterocycles. The van der Waals surface area contributed by atoms with Crippen LogP contribution in [0.5, 0.6) is 0 Å². The summed E-state index contributed by atoms with van der Waals surface area (Å²) in [6.45, 7) is 5.24. The third kappa shape index (κ3) is 3.11. The average Bonchev–Trinajstić information content (AvgIpc) is 2.43. The van der Waals surface area contributed by atoms with Crippen LogP contribution >= 0.6 is 0 Å². The lowest BCUT2D eigenvalue weighted by molar-refractivity contribution is 0.265. The molecule has 1 atom stereocenters. The zero-order chi connectivity index (χ0) is 12.8. The molecule has 2 heteroatoms. The van der Waals surface area contributed by atoms with Crippen LogP contribution in [0.4, 0.5) is 0 Å². The van der Waals surface area contributed by atoms with E-state index >= 15 is 0 Å². The number of fused-ring (bicyclic) bond motifs is 1. The zero-order valence-corrected chi connectivity index (χ0v) is 11.2. The van der Waals surface area contributed by atoms with Crippen LogP contribution in [-0.2, 0) is 6.42 Å². The largest absolute Gasteiger partial charge is 0.302 e. The Labute approximate surface area is 110 Å². The molecule has 1 aliphatic rings. The van der Waals surface area contributed by atoms with Gasteiger partial charge in [0.2, 0.25) is 0 Å². The Morgan fingerprint density at radius 2 is 2.22 bits per heavy atom. The van der Waals surface area contributed by atoms with Crippen molar-refractivity contribution in [1.29, 1.82) is 5.26 Å². The topological polar surface area (TPSA) is 27.0 Å². The smallest absolute Gasteiger partial charge is 0.0635 e. The van der Waals surface area contributed by atoms with Gasteiger partial charge in [0.1, 0.15) is 0 Å². The first-order valence-corrected chi connectivity index (χ1v) is 7.02. The molecular weight excluding hydrogens is 220 g/mol. The maximum absolute atomic E-state index is 8.70. The van der Waals surface area contributed by atoms with Gasteiger partial charge in [-0.3, -0.25) is 0 Å². The molecule has 0 amide bonds. The summed E-state index contributed by atoms with van der Waals surface area (Å²) in [6.07, 6.45) is 4.47. The summed E-state index contributed by atoms with van der Waals surface area (Å²) in [7, 11) is 0. The third-order valence-corrected chi connectivity index (χ3v) is 3.96. The molecule has 1 unspecified atom stereocenters. The molecule has 0 saturated heterocycles. The quantitative estimate of drug-likeness (QED) is 0.791. The van der Waals surface area contributed by atoms with Crippen molar-refractivity contribution in [1.82, 2.24) is 4.90 Å². The SMILES string of the molecule is CCN(CCC#N)CC1CCCc2ccccc21. The Morgan fingerprint density at radius 1 is 1.39 bits per heavy atom. The highest BCUT2D eigenvalue weighted by molar-refractivity contribution is 5.32. The number of likely N-dealkylation sites (N-methyl/N-ethyl adjacent to an activating group) is 1. The van der Waals surface area contributed by atoms with Gasteiger partial charge >= 0.3 is 0 Å². The van der Waals surface area contributed by atoms with Crippen molar-refractivity contribution in [2.24, 2.45) is 0 Å². The second kappa shape index (κ2) is 6.56. The second-order valence-corrected chi connectivity index (χ2v) is 5.09. The fraction of sp³-hybridized carbons (Fsp3) is 0.562. The van der Waals surface area contributed by atoms with Gasteiger partial charge in [-0.2, -0.15) is 5.26 Å². The van der Waals surface area contributed by atoms with E-state index in [1.165, 1.54) is 24.8 Å². The summed E-state index contributed by atoms with van der Waals surface area (Å²) in [5.41, 5.74) is 3.07. The van der Waals surface area contributed by atoms with Gasteiger partial charge in [0.05, 0.1) is 6.07 Å². The number of nitriles is 1. The highest BCUT2D eigenvalue weighted by Crippen LogP contribution is 2.31. The Balaban J connectivity index is 2.04. The number of hydrogen-bond donors (Lipinski definition) is 0. The van der Waals surface area contributed by atoms with Gasteiger partial charge in [-0.25, -0.2) is 0 Å². The molecule has 0 aromatic heterocycles. The summed E-state index contributed by atoms with van der Waals surface area (Å²) >= 11 is 0. The second-order valence-electron chi connectivity index (χ2n) is 5.09. The molecule has 0 bridgehead atoms. The molecule has 0 N–H and O–H groups in total. The fourth-order valence-electron chi connectivity index (χ4n) is 2.94. The van der Waals surface area contributed by atoms with Gasteiger partial charge in [-0.1, -0.05) is 31.2 Å². The molecule has 0 heterocycles. The molecular formula is C16H22N2. The predicted octanol–water partition coefficient (Wildman–Crippen LogP) is 3.34. The minimum absolute atomic E-state index is 0.641. The van der Waals surface area contributed by atoms with E-state index < -0.39 is 0 Å². The number of aryl methyl sites for hydroxylation is 1. The molecule has 1 aromatic carbocycles. The lowest BCUT2D eigenvalue weighted by atomic mass is 9.82. The molecule has 1 aromatic rings. The van der Waals surface area contributed by atoms with E-state index in [4.69, 9.17) is 5.26 Å². The van der Waals surface area contributed by atoms with Crippen molar-refractivity contribution < 1.29 is 0 Å². The zero-order valence-electron chi connectivity index (χ0n) is 11.2. The molecule has 2 rings (SSSR count). The van der Waals surface area contributed by atoms with Crippen LogP contribution < -0.4 is 0 Å². The summed E-state index contributed by atoms with van der Waals surface area (Å²) in [5, 5.41) is 8.70. The first kappa shape index (κ1) is 13.1. The first-order chi connectivity index (χ1) is 8.85. The van der Waals surface area contributed by atoms with E-state index in [1.807, 2.05) is 0 Å². The van der Waals surface area contributed by atoms with E-state index in [2.05, 4.69) is 42.2 Å². The van der Waals surface area contributed by atoms with Crippen molar-refractivity contribution >= 4 is 0 Å². The Kier molecular flexibility index (Phi) is 4.78. The van der Waals surface area contributed by atoms with Gasteiger partial charge in [-0.05, 0) is 42.9 Å². The molecule has 18 heavy (non-hydrogen) atoms. The molecule has 0 radical (unpaired) electrons. The number of hydrogen-bond acceptors (Lipinski definition) is 2. The maximum Gasteiger partial charge on any atom is 0.0635 e. The average molecular weight is 242 g/mol. The summed E-state index contributed by atoms with van der Waals surface area (Å²) in [6, 6.07) is 11.1. The van der Waals surface area contributed by atoms with Gasteiger partial charge in [0, 0.05) is 19.5 Å². The molecule has 1 aliphatic carbocycles. The predicted molar refractivity (Wildman–Crippen MR) is 74.5 cm³/mol. The summed E-state index contributed by atoms with van der Waals surface area (Å²) < 4.78 is 0. The van der Waals surface area contributed by atoms with Crippen molar-refractivity contribution in [2.45, 2.75) is 38.5 Å². The monoisotopic (exact) mass is 242 g/mol. The summed E-state index contributed by atoms with van der Waals surface area (Å²) in [4.78, 5) is 2.41. The van der Waals surface area contributed by atoms with E-state index in [-0.39, 0.29) is 0 Å². The van der Waals surface area contributed by atoms with E-state index in [1.54, 1.807) is 5.56 Å². The van der Waals surface area contributed by atoms with E-state index in [0.717, 1.165) is 19.6 Å². The van der Waals surface area contributed by atoms with Crippen molar-refractivity contribution in [2.75, 3.05) is 19.6 Å². The van der Waals surface area contributed by atoms with Crippen LogP contribution in [0, 0.1) is 11.3 Å². The van der Waals surface area contributed by atoms with Gasteiger partial charge < -0.3 is 4.90 Å². The molecule has 0 fully saturated rings. The number of rotatable bonds is 5. The highest BCUT2D eigenvalue weighted by Gasteiger charge is 2.21. The lowest BCUT2D eigenvalue weighted by Gasteiger charge is -2.30. The Morgan fingerprint density at radius 3 is 3.00 bits per heavy atom. The highest BCUT2D eigenvalue weighted by atomic mass is 15.1. The van der Waals surface area contributed by atoms with Crippen LogP contribution in [-0.4, -0.2) is 24.5 Å². The van der Waals surface area contributed by atoms with Crippen LogP contribution in [0.3, 0.4) is 0 Å². The third-order valence-electron chi connectivity index (χ3n) is 3.96. The minimum Gasteiger partial charge on any atom is -0.302 e. The molecule has 2 nitrogen and oxygen atoms in total. The van der Waals surface area contributed by atoms with Crippen LogP contribution in [0.25, 0.3) is 0 Å². The standard InChI is InChI=1S/C16H22N2/c1-2-18(12-6-11-17)13-15-9-5-8-14-7-3-4-10-16(14)15/h3-4,7,10,15H,2,5-6,8-9,12-13H2,1H3. The van der Waals surface area contributed by atoms with Crippen LogP contribution in [0.15, 0.2) is 24.3 Å². The van der Waals surface area contributed by atoms with Crippen molar-refractivity contribution in [3.63, 3.8) is 0 Å². The van der Waals surface area contributed by atoms with Crippen molar-refractivity contribution in [3.05, 3.63) is 35.4 Å². The number of benzene rings is 1. The van der Waals surface area contributed by atoms with Crippen LogP contribution in [0.2, 0.25) is 0 Å². The van der Waals surface area contributed by atoms with E-state index in [9.17, 15) is 0 Å². The van der Waals surface area contributed by atoms with Crippen molar-refractivity contribution in [3.8, 4) is 6.07 Å². The summed E-state index contributed by atoms with van der Waals surface area (Å²) in [5.74, 6) is 0.661. The molecule has 96 valence electrons. The van der Waals surface area contributed by atoms with E-state index in [0.29, 0.717) is 12.3 Å². The Hall–Kier alpha value is -1.33. The first-order valence-electron chi connectivity index (χ1n) is 7.02. The molecule has 0 saturated carbocycles. The lowest BCUT2D eigenvalue weighted by Crippen LogP contribution is -2.30. The number of nitrogens with zero attached hydrogens (tertiary/aromatic N) is 2. The normalized spacial score (nSPS) is 18.4. The van der Waals surface area contributed by atoms with Crippen LogP contribution in [0.1, 0.15) is 43.2 Å². The van der Waals surface area contributed by atoms with Gasteiger partial charge in [-0.15, -0.1) is 0 Å². The van der Waals surface area contributed by atoms with Gasteiger partial charge in [0.15, 0.2) is 0 Å².